The molecule has 19 heavy (non-hydrogen) atoms. The molecular formula is C11H10F2N4O2. The number of carboxylic acid groups (broad SMARTS) is 1. The maximum Gasteiger partial charge on any atom is 0.338 e. The average Bonchev–Trinajstić information content (AvgIpc) is 2.76. The third kappa shape index (κ3) is 2.51. The molecule has 8 heteroatoms. The van der Waals surface area contributed by atoms with Crippen LogP contribution in [0.1, 0.15) is 16.2 Å². The van der Waals surface area contributed by atoms with Crippen LogP contribution in [0.4, 0.5) is 14.5 Å². The minimum Gasteiger partial charge on any atom is -0.478 e. The minimum absolute atomic E-state index is 0.134. The van der Waals surface area contributed by atoms with Crippen LogP contribution in [0.3, 0.4) is 0 Å². The van der Waals surface area contributed by atoms with Gasteiger partial charge in [-0.1, -0.05) is 0 Å². The molecule has 2 rings (SSSR count). The fourth-order valence-corrected chi connectivity index (χ4v) is 1.49. The van der Waals surface area contributed by atoms with Crippen molar-refractivity contribution < 1.29 is 18.7 Å². The van der Waals surface area contributed by atoms with Crippen LogP contribution in [0.25, 0.3) is 0 Å². The average molecular weight is 268 g/mol. The molecule has 0 aliphatic carbocycles. The number of halogens is 2. The number of nitrogens with one attached hydrogen (secondary N) is 1. The van der Waals surface area contributed by atoms with Gasteiger partial charge >= 0.3 is 5.97 Å². The van der Waals surface area contributed by atoms with Gasteiger partial charge in [-0.25, -0.2) is 13.6 Å². The Labute approximate surface area is 106 Å². The van der Waals surface area contributed by atoms with Gasteiger partial charge in [-0.3, -0.25) is 0 Å². The van der Waals surface area contributed by atoms with Crippen molar-refractivity contribution in [3.05, 3.63) is 41.5 Å². The molecule has 100 valence electrons. The normalized spacial score (nSPS) is 10.5. The van der Waals surface area contributed by atoms with Crippen molar-refractivity contribution >= 4 is 11.7 Å². The predicted molar refractivity (Wildman–Crippen MR) is 61.6 cm³/mol. The van der Waals surface area contributed by atoms with Crippen molar-refractivity contribution in [3.63, 3.8) is 0 Å². The molecule has 0 spiro atoms. The largest absolute Gasteiger partial charge is 0.478 e. The van der Waals surface area contributed by atoms with Gasteiger partial charge in [0.15, 0.2) is 17.5 Å². The van der Waals surface area contributed by atoms with Gasteiger partial charge in [0.05, 0.1) is 17.8 Å². The van der Waals surface area contributed by atoms with Gasteiger partial charge < -0.3 is 15.0 Å². The molecule has 0 unspecified atom stereocenters. The summed E-state index contributed by atoms with van der Waals surface area (Å²) >= 11 is 0. The minimum atomic E-state index is -1.52. The van der Waals surface area contributed by atoms with Crippen molar-refractivity contribution in [2.75, 3.05) is 5.32 Å². The monoisotopic (exact) mass is 268 g/mol. The van der Waals surface area contributed by atoms with Crippen molar-refractivity contribution in [1.82, 2.24) is 14.8 Å². The van der Waals surface area contributed by atoms with Crippen molar-refractivity contribution in [2.24, 2.45) is 7.05 Å². The molecule has 6 nitrogen and oxygen atoms in total. The maximum absolute atomic E-state index is 13.6. The zero-order valence-electron chi connectivity index (χ0n) is 9.89. The third-order valence-corrected chi connectivity index (χ3v) is 2.55. The van der Waals surface area contributed by atoms with Crippen LogP contribution in [-0.2, 0) is 13.6 Å². The SMILES string of the molecule is Cn1cnnc1CNc1ccc(C(=O)O)c(F)c1F. The standard InChI is InChI=1S/C11H10F2N4O2/c1-17-5-15-16-8(17)4-14-7-3-2-6(11(18)19)9(12)10(7)13/h2-3,5,14H,4H2,1H3,(H,18,19). The number of aryl methyl sites for hydroxylation is 1. The van der Waals surface area contributed by atoms with Gasteiger partial charge in [0.2, 0.25) is 0 Å². The van der Waals surface area contributed by atoms with E-state index < -0.39 is 23.2 Å². The van der Waals surface area contributed by atoms with E-state index in [0.717, 1.165) is 12.1 Å². The van der Waals surface area contributed by atoms with E-state index >= 15 is 0 Å². The number of benzene rings is 1. The lowest BCUT2D eigenvalue weighted by Crippen LogP contribution is -2.09. The van der Waals surface area contributed by atoms with Crippen molar-refractivity contribution in [2.45, 2.75) is 6.54 Å². The van der Waals surface area contributed by atoms with E-state index in [4.69, 9.17) is 5.11 Å². The highest BCUT2D eigenvalue weighted by Crippen LogP contribution is 2.21. The predicted octanol–water partition coefficient (Wildman–Crippen LogP) is 1.40. The highest BCUT2D eigenvalue weighted by atomic mass is 19.2. The Bertz CT molecular complexity index is 627. The third-order valence-electron chi connectivity index (χ3n) is 2.55. The first kappa shape index (κ1) is 12.9. The first-order valence-electron chi connectivity index (χ1n) is 5.28. The van der Waals surface area contributed by atoms with Crippen LogP contribution in [0.5, 0.6) is 0 Å². The van der Waals surface area contributed by atoms with Gasteiger partial charge in [0.25, 0.3) is 0 Å². The molecule has 2 N–H and O–H groups in total. The van der Waals surface area contributed by atoms with Gasteiger partial charge in [0, 0.05) is 7.05 Å². The first-order valence-corrected chi connectivity index (χ1v) is 5.28. The maximum atomic E-state index is 13.6. The van der Waals surface area contributed by atoms with Crippen molar-refractivity contribution in [1.29, 1.82) is 0 Å². The van der Waals surface area contributed by atoms with E-state index in [0.29, 0.717) is 5.82 Å². The van der Waals surface area contributed by atoms with Crippen LogP contribution < -0.4 is 5.32 Å². The summed E-state index contributed by atoms with van der Waals surface area (Å²) in [6.45, 7) is 0.138. The Morgan fingerprint density at radius 3 is 2.74 bits per heavy atom. The summed E-state index contributed by atoms with van der Waals surface area (Å²) in [5.41, 5.74) is -0.841. The molecule has 0 saturated carbocycles. The van der Waals surface area contributed by atoms with E-state index in [1.165, 1.54) is 6.33 Å². The summed E-state index contributed by atoms with van der Waals surface area (Å²) in [6, 6.07) is 2.16. The van der Waals surface area contributed by atoms with Gasteiger partial charge in [-0.05, 0) is 12.1 Å². The highest BCUT2D eigenvalue weighted by Gasteiger charge is 2.17. The summed E-state index contributed by atoms with van der Waals surface area (Å²) in [5.74, 6) is -3.61. The van der Waals surface area contributed by atoms with Crippen LogP contribution >= 0.6 is 0 Å². The lowest BCUT2D eigenvalue weighted by molar-refractivity contribution is 0.0690. The Morgan fingerprint density at radius 2 is 2.16 bits per heavy atom. The van der Waals surface area contributed by atoms with Gasteiger partial charge in [-0.15, -0.1) is 10.2 Å². The summed E-state index contributed by atoms with van der Waals surface area (Å²) in [5, 5.41) is 18.7. The Hall–Kier alpha value is -2.51. The van der Waals surface area contributed by atoms with E-state index in [-0.39, 0.29) is 12.2 Å². The number of rotatable bonds is 4. The molecule has 0 bridgehead atoms. The molecule has 1 heterocycles. The summed E-state index contributed by atoms with van der Waals surface area (Å²) in [4.78, 5) is 10.6. The Balaban J connectivity index is 2.20. The topological polar surface area (TPSA) is 80.0 Å². The molecule has 0 aliphatic heterocycles. The molecular weight excluding hydrogens is 258 g/mol. The molecule has 0 saturated heterocycles. The van der Waals surface area contributed by atoms with E-state index in [1.807, 2.05) is 0 Å². The summed E-state index contributed by atoms with van der Waals surface area (Å²) in [6.07, 6.45) is 1.47. The van der Waals surface area contributed by atoms with E-state index in [9.17, 15) is 13.6 Å². The molecule has 2 aromatic rings. The smallest absolute Gasteiger partial charge is 0.338 e. The lowest BCUT2D eigenvalue weighted by atomic mass is 10.2. The number of anilines is 1. The van der Waals surface area contributed by atoms with Crippen LogP contribution in [0.2, 0.25) is 0 Å². The van der Waals surface area contributed by atoms with Crippen molar-refractivity contribution in [3.8, 4) is 0 Å². The molecule has 0 fully saturated rings. The molecule has 1 aromatic heterocycles. The summed E-state index contributed by atoms with van der Waals surface area (Å²) < 4.78 is 28.7. The molecule has 0 amide bonds. The fourth-order valence-electron chi connectivity index (χ4n) is 1.49. The number of carbonyl (C=O) groups is 1. The van der Waals surface area contributed by atoms with Crippen LogP contribution in [0, 0.1) is 11.6 Å². The second-order valence-electron chi connectivity index (χ2n) is 3.81. The number of hydrogen-bond donors (Lipinski definition) is 2. The molecule has 1 aromatic carbocycles. The number of carboxylic acids is 1. The number of aromatic carboxylic acids is 1. The molecule has 0 atom stereocenters. The fraction of sp³-hybridized carbons (Fsp3) is 0.182. The van der Waals surface area contributed by atoms with Crippen LogP contribution in [0.15, 0.2) is 18.5 Å². The second kappa shape index (κ2) is 5.01. The molecule has 0 radical (unpaired) electrons. The van der Waals surface area contributed by atoms with Gasteiger partial charge in [-0.2, -0.15) is 0 Å². The van der Waals surface area contributed by atoms with Gasteiger partial charge in [0.1, 0.15) is 6.33 Å². The molecule has 0 aliphatic rings. The number of aromatic nitrogens is 3. The zero-order valence-corrected chi connectivity index (χ0v) is 9.89. The Kier molecular flexibility index (Phi) is 3.41. The second-order valence-corrected chi connectivity index (χ2v) is 3.81. The first-order chi connectivity index (χ1) is 9.00. The lowest BCUT2D eigenvalue weighted by Gasteiger charge is -2.08. The quantitative estimate of drug-likeness (QED) is 0.876. The summed E-state index contributed by atoms with van der Waals surface area (Å²) in [7, 11) is 1.71. The highest BCUT2D eigenvalue weighted by molar-refractivity contribution is 5.88. The number of hydrogen-bond acceptors (Lipinski definition) is 4. The van der Waals surface area contributed by atoms with Crippen LogP contribution in [-0.4, -0.2) is 25.8 Å². The Morgan fingerprint density at radius 1 is 1.42 bits per heavy atom. The number of nitrogens with zero attached hydrogens (tertiary/aromatic N) is 3. The zero-order chi connectivity index (χ0) is 14.0. The van der Waals surface area contributed by atoms with E-state index in [1.54, 1.807) is 11.6 Å². The van der Waals surface area contributed by atoms with E-state index in [2.05, 4.69) is 15.5 Å².